The number of rotatable bonds is 5. The zero-order valence-electron chi connectivity index (χ0n) is 21.4. The summed E-state index contributed by atoms with van der Waals surface area (Å²) in [5, 5.41) is 18.5. The lowest BCUT2D eigenvalue weighted by molar-refractivity contribution is -0.00967. The fourth-order valence-electron chi connectivity index (χ4n) is 5.81. The Kier molecular flexibility index (Phi) is 5.39. The van der Waals surface area contributed by atoms with Crippen LogP contribution in [-0.4, -0.2) is 59.4 Å². The van der Waals surface area contributed by atoms with Gasteiger partial charge in [0.25, 0.3) is 0 Å². The molecule has 9 nitrogen and oxygen atoms in total. The van der Waals surface area contributed by atoms with Crippen molar-refractivity contribution in [1.29, 1.82) is 5.26 Å². The molecule has 3 saturated heterocycles. The smallest absolute Gasteiger partial charge is 0.128 e. The van der Waals surface area contributed by atoms with Gasteiger partial charge in [-0.1, -0.05) is 5.92 Å². The molecule has 8 rings (SSSR count). The summed E-state index contributed by atoms with van der Waals surface area (Å²) in [5.74, 6) is 3.60. The number of anilines is 1. The second-order valence-electron chi connectivity index (χ2n) is 10.2. The highest BCUT2D eigenvalue weighted by Gasteiger charge is 2.44. The molecule has 0 aliphatic carbocycles. The third-order valence-corrected chi connectivity index (χ3v) is 7.83. The minimum Gasteiger partial charge on any atom is -0.353 e. The molecule has 8 heterocycles. The number of piperazine rings is 1. The molecule has 5 aromatic heterocycles. The van der Waals surface area contributed by atoms with Gasteiger partial charge < -0.3 is 4.90 Å². The van der Waals surface area contributed by atoms with Gasteiger partial charge in [0, 0.05) is 91.4 Å². The Bertz CT molecular complexity index is 1750. The van der Waals surface area contributed by atoms with Crippen molar-refractivity contribution in [3.63, 3.8) is 0 Å². The van der Waals surface area contributed by atoms with E-state index in [9.17, 15) is 5.26 Å². The van der Waals surface area contributed by atoms with E-state index in [4.69, 9.17) is 11.4 Å². The first-order valence-electron chi connectivity index (χ1n) is 12.9. The van der Waals surface area contributed by atoms with Crippen LogP contribution in [0.1, 0.15) is 23.2 Å². The number of nitrogens with zero attached hydrogens (tertiary/aromatic N) is 9. The fourth-order valence-corrected chi connectivity index (χ4v) is 5.81. The normalized spacial score (nSPS) is 18.5. The molecule has 2 unspecified atom stereocenters. The van der Waals surface area contributed by atoms with Gasteiger partial charge in [0.05, 0.1) is 29.2 Å². The Hall–Kier alpha value is -4.99. The largest absolute Gasteiger partial charge is 0.353 e. The summed E-state index contributed by atoms with van der Waals surface area (Å²) in [4.78, 5) is 14.3. The summed E-state index contributed by atoms with van der Waals surface area (Å²) in [6.45, 7) is 2.72. The van der Waals surface area contributed by atoms with E-state index in [0.717, 1.165) is 64.5 Å². The van der Waals surface area contributed by atoms with Crippen LogP contribution in [0.4, 0.5) is 5.82 Å². The van der Waals surface area contributed by atoms with Crippen molar-refractivity contribution in [2.75, 3.05) is 18.0 Å². The Morgan fingerprint density at radius 3 is 2.49 bits per heavy atom. The minimum absolute atomic E-state index is 0.486. The van der Waals surface area contributed by atoms with Crippen LogP contribution < -0.4 is 4.90 Å². The molecule has 0 N–H and O–H groups in total. The molecule has 0 aromatic carbocycles. The van der Waals surface area contributed by atoms with Gasteiger partial charge in [-0.25, -0.2) is 9.50 Å². The minimum atomic E-state index is 0.486. The summed E-state index contributed by atoms with van der Waals surface area (Å²) >= 11 is 0. The molecule has 2 atom stereocenters. The maximum atomic E-state index is 9.71. The average Bonchev–Trinajstić information content (AvgIpc) is 3.62. The van der Waals surface area contributed by atoms with Crippen LogP contribution in [-0.2, 0) is 13.6 Å². The number of hydrogen-bond acceptors (Lipinski definition) is 7. The molecular weight excluding hydrogens is 486 g/mol. The molecule has 9 heteroatoms. The maximum Gasteiger partial charge on any atom is 0.128 e. The maximum absolute atomic E-state index is 9.71. The number of aryl methyl sites for hydroxylation is 1. The number of nitriles is 1. The molecule has 5 aromatic rings. The van der Waals surface area contributed by atoms with E-state index in [1.807, 2.05) is 44.0 Å². The summed E-state index contributed by atoms with van der Waals surface area (Å²) in [7, 11) is 1.89. The first-order valence-corrected chi connectivity index (χ1v) is 12.9. The third-order valence-electron chi connectivity index (χ3n) is 7.83. The molecule has 39 heavy (non-hydrogen) atoms. The SMILES string of the molecule is C#Cc1ccc(CN2C3CC2CN(c2ccc(-c4cc(-c5cnn(C)c5)cn5ncc(C#N)c45)cn2)C3)nc1. The molecule has 3 fully saturated rings. The predicted molar refractivity (Wildman–Crippen MR) is 147 cm³/mol. The van der Waals surface area contributed by atoms with Gasteiger partial charge in [-0.15, -0.1) is 6.42 Å². The van der Waals surface area contributed by atoms with Gasteiger partial charge in [-0.2, -0.15) is 15.5 Å². The summed E-state index contributed by atoms with van der Waals surface area (Å²) in [5.41, 5.74) is 6.99. The molecule has 0 radical (unpaired) electrons. The third kappa shape index (κ3) is 4.01. The van der Waals surface area contributed by atoms with E-state index in [1.54, 1.807) is 21.6 Å². The molecular formula is C30H25N9. The Balaban J connectivity index is 1.13. The van der Waals surface area contributed by atoms with Crippen molar-refractivity contribution in [2.24, 2.45) is 7.05 Å². The quantitative estimate of drug-likeness (QED) is 0.334. The summed E-state index contributed by atoms with van der Waals surface area (Å²) in [6.07, 6.45) is 17.7. The van der Waals surface area contributed by atoms with Crippen molar-refractivity contribution >= 4 is 11.3 Å². The van der Waals surface area contributed by atoms with Crippen LogP contribution in [0.5, 0.6) is 0 Å². The highest BCUT2D eigenvalue weighted by Crippen LogP contribution is 2.36. The van der Waals surface area contributed by atoms with E-state index in [1.165, 1.54) is 6.42 Å². The van der Waals surface area contributed by atoms with Crippen molar-refractivity contribution < 1.29 is 0 Å². The Morgan fingerprint density at radius 2 is 1.82 bits per heavy atom. The molecule has 0 spiro atoms. The number of aromatic nitrogens is 6. The van der Waals surface area contributed by atoms with Crippen LogP contribution >= 0.6 is 0 Å². The molecule has 3 aliphatic heterocycles. The van der Waals surface area contributed by atoms with Crippen LogP contribution in [0.25, 0.3) is 27.8 Å². The highest BCUT2D eigenvalue weighted by atomic mass is 15.4. The van der Waals surface area contributed by atoms with Crippen molar-refractivity contribution in [3.8, 4) is 40.7 Å². The van der Waals surface area contributed by atoms with Gasteiger partial charge in [0.1, 0.15) is 11.9 Å². The second kappa shape index (κ2) is 9.09. The molecule has 0 amide bonds. The predicted octanol–water partition coefficient (Wildman–Crippen LogP) is 3.51. The topological polar surface area (TPSA) is 91.2 Å². The first-order chi connectivity index (χ1) is 19.1. The first kappa shape index (κ1) is 23.2. The lowest BCUT2D eigenvalue weighted by Gasteiger charge is -2.56. The number of terminal acetylenes is 1. The molecule has 3 aliphatic rings. The lowest BCUT2D eigenvalue weighted by Crippen LogP contribution is -2.68. The van der Waals surface area contributed by atoms with Crippen LogP contribution in [0.15, 0.2) is 67.5 Å². The number of piperidine rings is 1. The van der Waals surface area contributed by atoms with Gasteiger partial charge in [0.2, 0.25) is 0 Å². The average molecular weight is 512 g/mol. The highest BCUT2D eigenvalue weighted by molar-refractivity contribution is 5.87. The monoisotopic (exact) mass is 511 g/mol. The van der Waals surface area contributed by atoms with Crippen molar-refractivity contribution in [1.82, 2.24) is 34.3 Å². The van der Waals surface area contributed by atoms with Gasteiger partial charge in [-0.3, -0.25) is 14.6 Å². The fraction of sp³-hybridized carbons (Fsp3) is 0.233. The van der Waals surface area contributed by atoms with E-state index in [0.29, 0.717) is 17.6 Å². The van der Waals surface area contributed by atoms with E-state index < -0.39 is 0 Å². The van der Waals surface area contributed by atoms with Crippen LogP contribution in [0, 0.1) is 23.7 Å². The number of fused-ring (bicyclic) bond motifs is 3. The molecule has 0 saturated carbocycles. The van der Waals surface area contributed by atoms with Crippen LogP contribution in [0.2, 0.25) is 0 Å². The molecule has 2 bridgehead atoms. The summed E-state index contributed by atoms with van der Waals surface area (Å²) in [6, 6.07) is 13.5. The Labute approximate surface area is 226 Å². The van der Waals surface area contributed by atoms with Crippen molar-refractivity contribution in [3.05, 3.63) is 84.3 Å². The molecule has 190 valence electrons. The van der Waals surface area contributed by atoms with E-state index >= 15 is 0 Å². The summed E-state index contributed by atoms with van der Waals surface area (Å²) < 4.78 is 3.54. The Morgan fingerprint density at radius 1 is 0.949 bits per heavy atom. The number of hydrogen-bond donors (Lipinski definition) is 0. The van der Waals surface area contributed by atoms with Gasteiger partial charge in [-0.05, 0) is 36.8 Å². The van der Waals surface area contributed by atoms with Crippen LogP contribution in [0.3, 0.4) is 0 Å². The van der Waals surface area contributed by atoms with Gasteiger partial charge in [0.15, 0.2) is 0 Å². The standard InChI is InChI=1S/C30H25N9/c1-3-20-4-6-25(32-11-20)17-38-26-9-27(38)19-37(18-26)29-7-5-21(12-33-29)28-8-22(24-14-34-36(2)15-24)16-39-30(28)23(10-31)13-35-39/h1,4-8,11-16,26-27H,9,17-19H2,2H3. The van der Waals surface area contributed by atoms with Gasteiger partial charge >= 0.3 is 0 Å². The van der Waals surface area contributed by atoms with E-state index in [2.05, 4.69) is 55.2 Å². The van der Waals surface area contributed by atoms with Crippen molar-refractivity contribution in [2.45, 2.75) is 25.0 Å². The second-order valence-corrected chi connectivity index (χ2v) is 10.2. The number of pyridine rings is 3. The van der Waals surface area contributed by atoms with E-state index in [-0.39, 0.29) is 0 Å². The lowest BCUT2D eigenvalue weighted by atomic mass is 9.87. The zero-order chi connectivity index (χ0) is 26.5. The zero-order valence-corrected chi connectivity index (χ0v) is 21.4.